The molecule has 100 valence electrons. The molecule has 4 nitrogen and oxygen atoms in total. The largest absolute Gasteiger partial charge is 0.353 e. The van der Waals surface area contributed by atoms with Crippen LogP contribution < -0.4 is 5.32 Å². The number of carbonyl (C=O) groups excluding carboxylic acids is 2. The van der Waals surface area contributed by atoms with Crippen molar-refractivity contribution >= 4 is 17.9 Å². The second kappa shape index (κ2) is 6.18. The van der Waals surface area contributed by atoms with Gasteiger partial charge in [-0.2, -0.15) is 0 Å². The maximum Gasteiger partial charge on any atom is 0.247 e. The normalized spacial score (nSPS) is 19.5. The maximum atomic E-state index is 12.1. The van der Waals surface area contributed by atoms with Crippen LogP contribution in [0, 0.1) is 0 Å². The van der Waals surface area contributed by atoms with Crippen LogP contribution in [-0.4, -0.2) is 35.8 Å². The standard InChI is InChI=1S/C15H18N2O2/c1-2-13-15(19)16-10-11-17(13)14(18)9-8-12-6-4-3-5-7-12/h3-9,13H,2,10-11H2,1H3,(H,16,19)/b9-8-/t13-/m0/s1. The van der Waals surface area contributed by atoms with E-state index >= 15 is 0 Å². The first-order chi connectivity index (χ1) is 9.22. The third-order valence-electron chi connectivity index (χ3n) is 3.22. The van der Waals surface area contributed by atoms with Gasteiger partial charge < -0.3 is 10.2 Å². The number of hydrogen-bond acceptors (Lipinski definition) is 2. The predicted molar refractivity (Wildman–Crippen MR) is 74.3 cm³/mol. The minimum absolute atomic E-state index is 0.0600. The van der Waals surface area contributed by atoms with Gasteiger partial charge in [-0.1, -0.05) is 37.3 Å². The average molecular weight is 258 g/mol. The molecule has 1 N–H and O–H groups in total. The molecule has 0 spiro atoms. The first-order valence-corrected chi connectivity index (χ1v) is 6.54. The van der Waals surface area contributed by atoms with Crippen molar-refractivity contribution in [1.29, 1.82) is 0 Å². The second-order valence-electron chi connectivity index (χ2n) is 4.49. The Balaban J connectivity index is 2.06. The lowest BCUT2D eigenvalue weighted by atomic mass is 10.1. The summed E-state index contributed by atoms with van der Waals surface area (Å²) in [7, 11) is 0. The first-order valence-electron chi connectivity index (χ1n) is 6.54. The van der Waals surface area contributed by atoms with Crippen LogP contribution in [0.1, 0.15) is 18.9 Å². The summed E-state index contributed by atoms with van der Waals surface area (Å²) in [5, 5.41) is 2.78. The van der Waals surface area contributed by atoms with E-state index in [1.165, 1.54) is 6.08 Å². The number of amides is 2. The highest BCUT2D eigenvalue weighted by Crippen LogP contribution is 2.10. The summed E-state index contributed by atoms with van der Waals surface area (Å²) in [4.78, 5) is 25.5. The van der Waals surface area contributed by atoms with E-state index in [-0.39, 0.29) is 17.9 Å². The molecule has 1 fully saturated rings. The van der Waals surface area contributed by atoms with Crippen LogP contribution in [0.2, 0.25) is 0 Å². The van der Waals surface area contributed by atoms with Crippen LogP contribution in [0.3, 0.4) is 0 Å². The van der Waals surface area contributed by atoms with Crippen LogP contribution in [0.4, 0.5) is 0 Å². The van der Waals surface area contributed by atoms with Crippen molar-refractivity contribution in [3.63, 3.8) is 0 Å². The number of hydrogen-bond donors (Lipinski definition) is 1. The van der Waals surface area contributed by atoms with Crippen molar-refractivity contribution in [2.24, 2.45) is 0 Å². The van der Waals surface area contributed by atoms with Gasteiger partial charge in [0.2, 0.25) is 11.8 Å². The Bertz CT molecular complexity index is 482. The minimum atomic E-state index is -0.346. The zero-order valence-electron chi connectivity index (χ0n) is 11.0. The van der Waals surface area contributed by atoms with E-state index in [9.17, 15) is 9.59 Å². The third kappa shape index (κ3) is 3.22. The summed E-state index contributed by atoms with van der Waals surface area (Å²) in [6, 6.07) is 9.30. The van der Waals surface area contributed by atoms with E-state index in [0.717, 1.165) is 5.56 Å². The van der Waals surface area contributed by atoms with Crippen LogP contribution in [-0.2, 0) is 9.59 Å². The highest BCUT2D eigenvalue weighted by Gasteiger charge is 2.30. The predicted octanol–water partition coefficient (Wildman–Crippen LogP) is 1.44. The van der Waals surface area contributed by atoms with Crippen LogP contribution >= 0.6 is 0 Å². The van der Waals surface area contributed by atoms with Crippen molar-refractivity contribution in [3.05, 3.63) is 42.0 Å². The Kier molecular flexibility index (Phi) is 4.34. The molecule has 1 aliphatic heterocycles. The summed E-state index contributed by atoms with van der Waals surface area (Å²) in [5.74, 6) is -0.166. The summed E-state index contributed by atoms with van der Waals surface area (Å²) < 4.78 is 0. The van der Waals surface area contributed by atoms with Gasteiger partial charge in [-0.05, 0) is 18.1 Å². The Morgan fingerprint density at radius 1 is 1.42 bits per heavy atom. The fourth-order valence-corrected chi connectivity index (χ4v) is 2.21. The fraction of sp³-hybridized carbons (Fsp3) is 0.333. The van der Waals surface area contributed by atoms with E-state index in [0.29, 0.717) is 19.5 Å². The SMILES string of the molecule is CC[C@H]1C(=O)NCCN1C(=O)/C=C\c1ccccc1. The summed E-state index contributed by atoms with van der Waals surface area (Å²) in [6.45, 7) is 3.01. The zero-order chi connectivity index (χ0) is 13.7. The highest BCUT2D eigenvalue weighted by molar-refractivity contribution is 5.96. The van der Waals surface area contributed by atoms with E-state index in [4.69, 9.17) is 0 Å². The highest BCUT2D eigenvalue weighted by atomic mass is 16.2. The van der Waals surface area contributed by atoms with Gasteiger partial charge in [0.25, 0.3) is 0 Å². The molecule has 0 radical (unpaired) electrons. The molecule has 2 rings (SSSR count). The van der Waals surface area contributed by atoms with Crippen LogP contribution in [0.25, 0.3) is 6.08 Å². The van der Waals surface area contributed by atoms with Gasteiger partial charge in [0.15, 0.2) is 0 Å². The van der Waals surface area contributed by atoms with Crippen molar-refractivity contribution < 1.29 is 9.59 Å². The molecule has 0 aliphatic carbocycles. The molecular formula is C15H18N2O2. The molecule has 1 aliphatic rings. The summed E-state index contributed by atoms with van der Waals surface area (Å²) >= 11 is 0. The minimum Gasteiger partial charge on any atom is -0.353 e. The van der Waals surface area contributed by atoms with Gasteiger partial charge in [-0.25, -0.2) is 0 Å². The average Bonchev–Trinajstić information content (AvgIpc) is 2.45. The Morgan fingerprint density at radius 2 is 2.16 bits per heavy atom. The number of nitrogens with zero attached hydrogens (tertiary/aromatic N) is 1. The van der Waals surface area contributed by atoms with Crippen LogP contribution in [0.15, 0.2) is 36.4 Å². The lowest BCUT2D eigenvalue weighted by Gasteiger charge is -2.33. The molecule has 0 saturated carbocycles. The monoisotopic (exact) mass is 258 g/mol. The van der Waals surface area contributed by atoms with E-state index < -0.39 is 0 Å². The van der Waals surface area contributed by atoms with Gasteiger partial charge in [-0.3, -0.25) is 9.59 Å². The number of rotatable bonds is 3. The molecule has 1 saturated heterocycles. The van der Waals surface area contributed by atoms with E-state index in [2.05, 4.69) is 5.32 Å². The van der Waals surface area contributed by atoms with Gasteiger partial charge in [0.05, 0.1) is 0 Å². The van der Waals surface area contributed by atoms with Crippen molar-refractivity contribution in [1.82, 2.24) is 10.2 Å². The maximum absolute atomic E-state index is 12.1. The van der Waals surface area contributed by atoms with Crippen molar-refractivity contribution in [3.8, 4) is 0 Å². The Morgan fingerprint density at radius 3 is 2.84 bits per heavy atom. The van der Waals surface area contributed by atoms with Crippen LogP contribution in [0.5, 0.6) is 0 Å². The molecule has 1 aromatic carbocycles. The van der Waals surface area contributed by atoms with E-state index in [1.807, 2.05) is 37.3 Å². The van der Waals surface area contributed by atoms with E-state index in [1.54, 1.807) is 11.0 Å². The molecule has 4 heteroatoms. The topological polar surface area (TPSA) is 49.4 Å². The van der Waals surface area contributed by atoms with Crippen molar-refractivity contribution in [2.45, 2.75) is 19.4 Å². The number of piperazine rings is 1. The molecule has 19 heavy (non-hydrogen) atoms. The quantitative estimate of drug-likeness (QED) is 0.834. The molecule has 1 aromatic rings. The van der Waals surface area contributed by atoms with Crippen molar-refractivity contribution in [2.75, 3.05) is 13.1 Å². The zero-order valence-corrected chi connectivity index (χ0v) is 11.0. The van der Waals surface area contributed by atoms with Gasteiger partial charge in [-0.15, -0.1) is 0 Å². The first kappa shape index (κ1) is 13.3. The second-order valence-corrected chi connectivity index (χ2v) is 4.49. The molecule has 0 unspecified atom stereocenters. The molecule has 1 heterocycles. The molecule has 0 bridgehead atoms. The molecular weight excluding hydrogens is 240 g/mol. The fourth-order valence-electron chi connectivity index (χ4n) is 2.21. The van der Waals surface area contributed by atoms with Gasteiger partial charge in [0.1, 0.15) is 6.04 Å². The molecule has 0 aromatic heterocycles. The van der Waals surface area contributed by atoms with Gasteiger partial charge >= 0.3 is 0 Å². The number of nitrogens with one attached hydrogen (secondary N) is 1. The number of carbonyl (C=O) groups is 2. The van der Waals surface area contributed by atoms with Gasteiger partial charge in [0, 0.05) is 19.2 Å². The molecule has 2 amide bonds. The smallest absolute Gasteiger partial charge is 0.247 e. The Hall–Kier alpha value is -2.10. The Labute approximate surface area is 113 Å². The lowest BCUT2D eigenvalue weighted by molar-refractivity contribution is -0.140. The number of benzene rings is 1. The lowest BCUT2D eigenvalue weighted by Crippen LogP contribution is -2.56. The third-order valence-corrected chi connectivity index (χ3v) is 3.22. The summed E-state index contributed by atoms with van der Waals surface area (Å²) in [6.07, 6.45) is 3.95. The molecule has 1 atom stereocenters. The summed E-state index contributed by atoms with van der Waals surface area (Å²) in [5.41, 5.74) is 0.977.